The molecule has 0 aliphatic rings. The summed E-state index contributed by atoms with van der Waals surface area (Å²) in [6.45, 7) is -0.291. The molecule has 1 aromatic carbocycles. The number of anilines is 1. The van der Waals surface area contributed by atoms with Crippen molar-refractivity contribution in [2.75, 3.05) is 11.9 Å². The quantitative estimate of drug-likeness (QED) is 0.745. The van der Waals surface area contributed by atoms with Crippen molar-refractivity contribution in [3.8, 4) is 0 Å². The van der Waals surface area contributed by atoms with Gasteiger partial charge in [-0.25, -0.2) is 4.98 Å². The number of oxazole rings is 1. The number of amides is 1. The lowest BCUT2D eigenvalue weighted by atomic mass is 10.3. The van der Waals surface area contributed by atoms with Crippen LogP contribution in [0.1, 0.15) is 22.4 Å². The lowest BCUT2D eigenvalue weighted by Crippen LogP contribution is -2.16. The van der Waals surface area contributed by atoms with Crippen LogP contribution >= 0.6 is 0 Å². The van der Waals surface area contributed by atoms with Crippen LogP contribution in [0.25, 0.3) is 0 Å². The second-order valence-corrected chi connectivity index (χ2v) is 3.68. The molecule has 0 bridgehead atoms. The van der Waals surface area contributed by atoms with Crippen LogP contribution in [0.3, 0.4) is 0 Å². The first kappa shape index (κ1) is 12.3. The molecule has 0 spiro atoms. The summed E-state index contributed by atoms with van der Waals surface area (Å²) in [5.74, 6) is -0.253. The first-order valence-corrected chi connectivity index (χ1v) is 5.39. The third-order valence-corrected chi connectivity index (χ3v) is 2.30. The highest BCUT2D eigenvalue weighted by Crippen LogP contribution is 2.12. The van der Waals surface area contributed by atoms with Crippen molar-refractivity contribution in [2.45, 2.75) is 6.04 Å². The molecule has 2 rings (SSSR count). The number of aromatic nitrogens is 1. The van der Waals surface area contributed by atoms with Crippen LogP contribution in [0.2, 0.25) is 0 Å². The highest BCUT2D eigenvalue weighted by Gasteiger charge is 2.16. The van der Waals surface area contributed by atoms with E-state index in [2.05, 4.69) is 10.3 Å². The zero-order valence-electron chi connectivity index (χ0n) is 9.54. The number of nitrogens with zero attached hydrogens (tertiary/aromatic N) is 1. The predicted octanol–water partition coefficient (Wildman–Crippen LogP) is 0.919. The van der Waals surface area contributed by atoms with Crippen molar-refractivity contribution >= 4 is 11.6 Å². The topological polar surface area (TPSA) is 101 Å². The average Bonchev–Trinajstić information content (AvgIpc) is 2.88. The molecule has 18 heavy (non-hydrogen) atoms. The Labute approximate surface area is 103 Å². The molecule has 1 unspecified atom stereocenters. The molecule has 6 nitrogen and oxygen atoms in total. The minimum absolute atomic E-state index is 0.123. The van der Waals surface area contributed by atoms with Gasteiger partial charge in [-0.1, -0.05) is 18.2 Å². The largest absolute Gasteiger partial charge is 0.446 e. The summed E-state index contributed by atoms with van der Waals surface area (Å²) in [5.41, 5.74) is 6.31. The van der Waals surface area contributed by atoms with E-state index in [-0.39, 0.29) is 24.1 Å². The maximum absolute atomic E-state index is 11.8. The molecule has 4 N–H and O–H groups in total. The first-order chi connectivity index (χ1) is 8.70. The standard InChI is InChI=1S/C12H13N3O3/c13-9(6-16)12-15-10(7-18-12)11(17)14-8-4-2-1-3-5-8/h1-5,7,9,16H,6,13H2,(H,14,17). The van der Waals surface area contributed by atoms with Crippen LogP contribution in [-0.4, -0.2) is 22.6 Å². The van der Waals surface area contributed by atoms with Gasteiger partial charge in [0, 0.05) is 5.69 Å². The molecule has 0 saturated heterocycles. The third-order valence-electron chi connectivity index (χ3n) is 2.30. The van der Waals surface area contributed by atoms with E-state index in [1.54, 1.807) is 12.1 Å². The van der Waals surface area contributed by atoms with E-state index in [1.807, 2.05) is 18.2 Å². The minimum atomic E-state index is -0.719. The molecule has 0 aliphatic heterocycles. The number of carbonyl (C=O) groups is 1. The molecule has 1 heterocycles. The van der Waals surface area contributed by atoms with Crippen molar-refractivity contribution < 1.29 is 14.3 Å². The Balaban J connectivity index is 2.08. The molecule has 1 amide bonds. The van der Waals surface area contributed by atoms with Gasteiger partial charge in [0.05, 0.1) is 6.61 Å². The Morgan fingerprint density at radius 1 is 1.44 bits per heavy atom. The van der Waals surface area contributed by atoms with Crippen molar-refractivity contribution in [3.05, 3.63) is 48.2 Å². The second-order valence-electron chi connectivity index (χ2n) is 3.68. The fourth-order valence-corrected chi connectivity index (χ4v) is 1.36. The number of rotatable bonds is 4. The number of nitrogens with two attached hydrogens (primary N) is 1. The Bertz CT molecular complexity index is 524. The van der Waals surface area contributed by atoms with Gasteiger partial charge in [0.25, 0.3) is 5.91 Å². The van der Waals surface area contributed by atoms with Crippen molar-refractivity contribution in [1.29, 1.82) is 0 Å². The normalized spacial score (nSPS) is 12.1. The monoisotopic (exact) mass is 247 g/mol. The maximum Gasteiger partial charge on any atom is 0.277 e. The highest BCUT2D eigenvalue weighted by atomic mass is 16.3. The fourth-order valence-electron chi connectivity index (χ4n) is 1.36. The second kappa shape index (κ2) is 5.44. The van der Waals surface area contributed by atoms with Gasteiger partial charge in [0.1, 0.15) is 12.3 Å². The summed E-state index contributed by atoms with van der Waals surface area (Å²) < 4.78 is 5.02. The van der Waals surface area contributed by atoms with Crippen molar-refractivity contribution in [3.63, 3.8) is 0 Å². The minimum Gasteiger partial charge on any atom is -0.446 e. The number of aliphatic hydroxyl groups excluding tert-OH is 1. The van der Waals surface area contributed by atoms with Crippen LogP contribution in [0.15, 0.2) is 41.0 Å². The number of benzene rings is 1. The number of para-hydroxylation sites is 1. The third kappa shape index (κ3) is 2.73. The lowest BCUT2D eigenvalue weighted by Gasteiger charge is -2.02. The highest BCUT2D eigenvalue weighted by molar-refractivity contribution is 6.02. The molecule has 0 radical (unpaired) electrons. The van der Waals surface area contributed by atoms with Gasteiger partial charge in [-0.15, -0.1) is 0 Å². The van der Waals surface area contributed by atoms with E-state index >= 15 is 0 Å². The summed E-state index contributed by atoms with van der Waals surface area (Å²) in [6, 6.07) is 8.28. The van der Waals surface area contributed by atoms with E-state index in [0.29, 0.717) is 5.69 Å². The summed E-state index contributed by atoms with van der Waals surface area (Å²) >= 11 is 0. The van der Waals surface area contributed by atoms with E-state index in [4.69, 9.17) is 15.3 Å². The molecule has 94 valence electrons. The zero-order valence-corrected chi connectivity index (χ0v) is 9.54. The predicted molar refractivity (Wildman–Crippen MR) is 64.9 cm³/mol. The van der Waals surface area contributed by atoms with Gasteiger partial charge in [-0.2, -0.15) is 0 Å². The summed E-state index contributed by atoms with van der Waals surface area (Å²) in [7, 11) is 0. The molecule has 0 fully saturated rings. The SMILES string of the molecule is NC(CO)c1nc(C(=O)Nc2ccccc2)co1. The number of hydrogen-bond donors (Lipinski definition) is 3. The molecule has 2 aromatic rings. The van der Waals surface area contributed by atoms with E-state index in [9.17, 15) is 4.79 Å². The van der Waals surface area contributed by atoms with Gasteiger partial charge >= 0.3 is 0 Å². The molecule has 1 aromatic heterocycles. The van der Waals surface area contributed by atoms with Crippen molar-refractivity contribution in [1.82, 2.24) is 4.98 Å². The van der Waals surface area contributed by atoms with Crippen LogP contribution in [0, 0.1) is 0 Å². The molecular formula is C12H13N3O3. The zero-order chi connectivity index (χ0) is 13.0. The van der Waals surface area contributed by atoms with Crippen molar-refractivity contribution in [2.24, 2.45) is 5.73 Å². The number of aliphatic hydroxyl groups is 1. The van der Waals surface area contributed by atoms with Gasteiger partial charge in [-0.05, 0) is 12.1 Å². The van der Waals surface area contributed by atoms with Crippen LogP contribution in [0.4, 0.5) is 5.69 Å². The molecule has 6 heteroatoms. The van der Waals surface area contributed by atoms with E-state index < -0.39 is 6.04 Å². The van der Waals surface area contributed by atoms with Gasteiger partial charge < -0.3 is 20.6 Å². The maximum atomic E-state index is 11.8. The summed E-state index contributed by atoms with van der Waals surface area (Å²) in [4.78, 5) is 15.7. The summed E-state index contributed by atoms with van der Waals surface area (Å²) in [5, 5.41) is 11.5. The van der Waals surface area contributed by atoms with Crippen LogP contribution in [-0.2, 0) is 0 Å². The Kier molecular flexibility index (Phi) is 3.71. The van der Waals surface area contributed by atoms with E-state index in [0.717, 1.165) is 0 Å². The van der Waals surface area contributed by atoms with E-state index in [1.165, 1.54) is 6.26 Å². The molecular weight excluding hydrogens is 234 g/mol. The van der Waals surface area contributed by atoms with Crippen LogP contribution in [0.5, 0.6) is 0 Å². The molecule has 0 saturated carbocycles. The number of hydrogen-bond acceptors (Lipinski definition) is 5. The molecule has 0 aliphatic carbocycles. The fraction of sp³-hybridized carbons (Fsp3) is 0.167. The van der Waals surface area contributed by atoms with Gasteiger partial charge in [-0.3, -0.25) is 4.79 Å². The van der Waals surface area contributed by atoms with Gasteiger partial charge in [0.2, 0.25) is 5.89 Å². The Hall–Kier alpha value is -2.18. The Morgan fingerprint density at radius 3 is 2.83 bits per heavy atom. The van der Waals surface area contributed by atoms with Gasteiger partial charge in [0.15, 0.2) is 5.69 Å². The van der Waals surface area contributed by atoms with Crippen LogP contribution < -0.4 is 11.1 Å². The summed E-state index contributed by atoms with van der Waals surface area (Å²) in [6.07, 6.45) is 1.21. The number of carbonyl (C=O) groups excluding carboxylic acids is 1. The average molecular weight is 247 g/mol. The first-order valence-electron chi connectivity index (χ1n) is 5.39. The Morgan fingerprint density at radius 2 is 2.17 bits per heavy atom. The number of nitrogens with one attached hydrogen (secondary N) is 1. The lowest BCUT2D eigenvalue weighted by molar-refractivity contribution is 0.102. The smallest absolute Gasteiger partial charge is 0.277 e. The molecule has 1 atom stereocenters.